The Hall–Kier alpha value is -2.16. The number of halogens is 1. The van der Waals surface area contributed by atoms with Gasteiger partial charge in [-0.3, -0.25) is 0 Å². The highest BCUT2D eigenvalue weighted by Crippen LogP contribution is 2.28. The average Bonchev–Trinajstić information content (AvgIpc) is 2.46. The lowest BCUT2D eigenvalue weighted by Gasteiger charge is -2.17. The topological polar surface area (TPSA) is 32.6 Å². The van der Waals surface area contributed by atoms with E-state index in [4.69, 9.17) is 5.21 Å². The van der Waals surface area contributed by atoms with E-state index in [2.05, 4.69) is 11.2 Å². The summed E-state index contributed by atoms with van der Waals surface area (Å²) in [5, 5.41) is 12.4. The number of hydrogen-bond donors (Lipinski definition) is 1. The minimum absolute atomic E-state index is 0.229. The summed E-state index contributed by atoms with van der Waals surface area (Å²) in [5.74, 6) is -0.229. The molecule has 96 valence electrons. The monoisotopic (exact) mass is 255 g/mol. The zero-order chi connectivity index (χ0) is 13.2. The zero-order valence-corrected chi connectivity index (χ0v) is 10.4. The summed E-state index contributed by atoms with van der Waals surface area (Å²) < 4.78 is 13.3. The van der Waals surface area contributed by atoms with Crippen LogP contribution in [0.15, 0.2) is 47.6 Å². The summed E-state index contributed by atoms with van der Waals surface area (Å²) in [6.07, 6.45) is 2.76. The van der Waals surface area contributed by atoms with Crippen LogP contribution in [0, 0.1) is 5.82 Å². The number of aryl methyl sites for hydroxylation is 1. The standard InChI is InChI=1S/C16H14FNO/c17-14-5-1-3-11(10-14)12-7-8-15-13(9-12)4-2-6-16(15)18-19/h1,3,5,7-10,19H,2,4,6H2/b18-16+. The maximum absolute atomic E-state index is 13.3. The van der Waals surface area contributed by atoms with Gasteiger partial charge in [-0.05, 0) is 48.1 Å². The summed E-state index contributed by atoms with van der Waals surface area (Å²) in [6.45, 7) is 0. The Labute approximate surface area is 111 Å². The van der Waals surface area contributed by atoms with Gasteiger partial charge < -0.3 is 5.21 Å². The van der Waals surface area contributed by atoms with Crippen molar-refractivity contribution in [1.82, 2.24) is 0 Å². The van der Waals surface area contributed by atoms with E-state index in [9.17, 15) is 4.39 Å². The SMILES string of the molecule is O/N=C1\CCCc2cc(-c3cccc(F)c3)ccc21. The van der Waals surface area contributed by atoms with E-state index >= 15 is 0 Å². The third-order valence-corrected chi connectivity index (χ3v) is 3.55. The third-order valence-electron chi connectivity index (χ3n) is 3.55. The molecule has 0 bridgehead atoms. The predicted octanol–water partition coefficient (Wildman–Crippen LogP) is 4.01. The Balaban J connectivity index is 2.07. The van der Waals surface area contributed by atoms with Crippen molar-refractivity contribution in [2.24, 2.45) is 5.16 Å². The Bertz CT molecular complexity index is 649. The second-order valence-corrected chi connectivity index (χ2v) is 4.78. The van der Waals surface area contributed by atoms with Gasteiger partial charge in [-0.15, -0.1) is 0 Å². The second-order valence-electron chi connectivity index (χ2n) is 4.78. The summed E-state index contributed by atoms with van der Waals surface area (Å²) in [5.41, 5.74) is 4.79. The summed E-state index contributed by atoms with van der Waals surface area (Å²) in [7, 11) is 0. The fourth-order valence-corrected chi connectivity index (χ4v) is 2.61. The molecule has 19 heavy (non-hydrogen) atoms. The Morgan fingerprint density at radius 2 is 1.84 bits per heavy atom. The largest absolute Gasteiger partial charge is 0.411 e. The van der Waals surface area contributed by atoms with Crippen LogP contribution in [-0.4, -0.2) is 10.9 Å². The normalized spacial score (nSPS) is 16.4. The molecule has 0 aliphatic heterocycles. The fourth-order valence-electron chi connectivity index (χ4n) is 2.61. The lowest BCUT2D eigenvalue weighted by molar-refractivity contribution is 0.317. The summed E-state index contributed by atoms with van der Waals surface area (Å²) in [4.78, 5) is 0. The molecule has 2 aromatic carbocycles. The summed E-state index contributed by atoms with van der Waals surface area (Å²) >= 11 is 0. The Morgan fingerprint density at radius 1 is 1.00 bits per heavy atom. The number of nitrogens with zero attached hydrogens (tertiary/aromatic N) is 1. The molecule has 0 fully saturated rings. The van der Waals surface area contributed by atoms with Gasteiger partial charge in [-0.2, -0.15) is 0 Å². The van der Waals surface area contributed by atoms with E-state index in [1.54, 1.807) is 6.07 Å². The molecule has 1 aliphatic rings. The minimum atomic E-state index is -0.229. The highest BCUT2D eigenvalue weighted by atomic mass is 19.1. The van der Waals surface area contributed by atoms with Crippen molar-refractivity contribution in [3.63, 3.8) is 0 Å². The highest BCUT2D eigenvalue weighted by Gasteiger charge is 2.16. The number of oxime groups is 1. The fraction of sp³-hybridized carbons (Fsp3) is 0.188. The second kappa shape index (κ2) is 4.84. The molecule has 2 nitrogen and oxygen atoms in total. The van der Waals surface area contributed by atoms with Crippen molar-refractivity contribution in [3.8, 4) is 11.1 Å². The first-order valence-corrected chi connectivity index (χ1v) is 6.38. The molecule has 0 heterocycles. The Morgan fingerprint density at radius 3 is 2.63 bits per heavy atom. The molecule has 0 amide bonds. The molecular weight excluding hydrogens is 241 g/mol. The van der Waals surface area contributed by atoms with Gasteiger partial charge in [0.25, 0.3) is 0 Å². The van der Waals surface area contributed by atoms with Crippen LogP contribution in [0.1, 0.15) is 24.0 Å². The van der Waals surface area contributed by atoms with Crippen LogP contribution in [0.5, 0.6) is 0 Å². The van der Waals surface area contributed by atoms with Crippen molar-refractivity contribution in [3.05, 3.63) is 59.4 Å². The van der Waals surface area contributed by atoms with E-state index in [0.29, 0.717) is 0 Å². The van der Waals surface area contributed by atoms with Gasteiger partial charge in [0.05, 0.1) is 5.71 Å². The molecule has 2 aromatic rings. The van der Waals surface area contributed by atoms with Crippen LogP contribution >= 0.6 is 0 Å². The molecule has 0 atom stereocenters. The number of hydrogen-bond acceptors (Lipinski definition) is 2. The van der Waals surface area contributed by atoms with Crippen LogP contribution in [0.25, 0.3) is 11.1 Å². The van der Waals surface area contributed by atoms with E-state index in [1.165, 1.54) is 17.7 Å². The molecule has 0 unspecified atom stereocenters. The number of fused-ring (bicyclic) bond motifs is 1. The molecule has 0 saturated carbocycles. The van der Waals surface area contributed by atoms with E-state index in [-0.39, 0.29) is 5.82 Å². The number of rotatable bonds is 1. The van der Waals surface area contributed by atoms with Gasteiger partial charge in [0.2, 0.25) is 0 Å². The van der Waals surface area contributed by atoms with Crippen LogP contribution in [0.3, 0.4) is 0 Å². The average molecular weight is 255 g/mol. The maximum atomic E-state index is 13.3. The molecular formula is C16H14FNO. The molecule has 1 aliphatic carbocycles. The lowest BCUT2D eigenvalue weighted by atomic mass is 9.88. The zero-order valence-electron chi connectivity index (χ0n) is 10.4. The maximum Gasteiger partial charge on any atom is 0.123 e. The van der Waals surface area contributed by atoms with Gasteiger partial charge in [0.15, 0.2) is 0 Å². The van der Waals surface area contributed by atoms with Gasteiger partial charge in [-0.25, -0.2) is 4.39 Å². The first-order chi connectivity index (χ1) is 9.28. The van der Waals surface area contributed by atoms with Gasteiger partial charge in [0.1, 0.15) is 5.82 Å². The predicted molar refractivity (Wildman–Crippen MR) is 73.1 cm³/mol. The van der Waals surface area contributed by atoms with Gasteiger partial charge in [-0.1, -0.05) is 35.5 Å². The van der Waals surface area contributed by atoms with Crippen molar-refractivity contribution < 1.29 is 9.60 Å². The van der Waals surface area contributed by atoms with Crippen molar-refractivity contribution in [2.75, 3.05) is 0 Å². The molecule has 0 aromatic heterocycles. The third kappa shape index (κ3) is 2.24. The van der Waals surface area contributed by atoms with Crippen molar-refractivity contribution >= 4 is 5.71 Å². The van der Waals surface area contributed by atoms with Gasteiger partial charge in [0, 0.05) is 5.56 Å². The van der Waals surface area contributed by atoms with Crippen LogP contribution < -0.4 is 0 Å². The van der Waals surface area contributed by atoms with Crippen LogP contribution in [-0.2, 0) is 6.42 Å². The molecule has 0 radical (unpaired) electrons. The smallest absolute Gasteiger partial charge is 0.123 e. The molecule has 0 spiro atoms. The quantitative estimate of drug-likeness (QED) is 0.606. The molecule has 1 N–H and O–H groups in total. The van der Waals surface area contributed by atoms with Gasteiger partial charge >= 0.3 is 0 Å². The van der Waals surface area contributed by atoms with Crippen LogP contribution in [0.2, 0.25) is 0 Å². The van der Waals surface area contributed by atoms with Crippen molar-refractivity contribution in [1.29, 1.82) is 0 Å². The Kier molecular flexibility index (Phi) is 3.03. The van der Waals surface area contributed by atoms with E-state index in [1.807, 2.05) is 18.2 Å². The highest BCUT2D eigenvalue weighted by molar-refractivity contribution is 6.02. The summed E-state index contributed by atoms with van der Waals surface area (Å²) in [6, 6.07) is 12.6. The lowest BCUT2D eigenvalue weighted by Crippen LogP contribution is -2.11. The number of benzene rings is 2. The molecule has 3 heteroatoms. The first kappa shape index (κ1) is 11.9. The van der Waals surface area contributed by atoms with E-state index < -0.39 is 0 Å². The molecule has 0 saturated heterocycles. The first-order valence-electron chi connectivity index (χ1n) is 6.38. The van der Waals surface area contributed by atoms with E-state index in [0.717, 1.165) is 41.7 Å². The molecule has 3 rings (SSSR count). The van der Waals surface area contributed by atoms with Crippen molar-refractivity contribution in [2.45, 2.75) is 19.3 Å². The van der Waals surface area contributed by atoms with Crippen LogP contribution in [0.4, 0.5) is 4.39 Å². The minimum Gasteiger partial charge on any atom is -0.411 e.